The third-order valence-electron chi connectivity index (χ3n) is 5.68. The molecule has 0 aliphatic carbocycles. The van der Waals surface area contributed by atoms with E-state index in [9.17, 15) is 14.4 Å². The fraction of sp³-hybridized carbons (Fsp3) is 0.333. The number of benzene rings is 2. The molecule has 0 aromatic heterocycles. The van der Waals surface area contributed by atoms with E-state index in [1.54, 1.807) is 26.2 Å². The normalized spacial score (nSPS) is 17.1. The Kier molecular flexibility index (Phi) is 9.03. The lowest BCUT2D eigenvalue weighted by molar-refractivity contribution is -0.143. The van der Waals surface area contributed by atoms with E-state index in [-0.39, 0.29) is 55.7 Å². The molecule has 3 rings (SSSR count). The Balaban J connectivity index is 0.00000408. The van der Waals surface area contributed by atoms with E-state index in [1.807, 2.05) is 36.4 Å². The molecule has 10 heteroatoms. The Morgan fingerprint density at radius 1 is 1.12 bits per heavy atom. The number of amidine groups is 1. The van der Waals surface area contributed by atoms with Gasteiger partial charge in [-0.05, 0) is 29.7 Å². The average Bonchev–Trinajstić information content (AvgIpc) is 3.06. The molecule has 2 aromatic carbocycles. The van der Waals surface area contributed by atoms with Gasteiger partial charge in [0.1, 0.15) is 24.7 Å². The Morgan fingerprint density at radius 2 is 1.68 bits per heavy atom. The Labute approximate surface area is 204 Å². The molecule has 1 saturated heterocycles. The van der Waals surface area contributed by atoms with E-state index in [0.29, 0.717) is 17.7 Å². The van der Waals surface area contributed by atoms with Crippen molar-refractivity contribution in [1.82, 2.24) is 9.80 Å². The molecule has 1 aliphatic rings. The minimum atomic E-state index is -1.04. The number of carbonyl (C=O) groups excluding carboxylic acids is 2. The van der Waals surface area contributed by atoms with Gasteiger partial charge in [0.05, 0.1) is 18.4 Å². The first kappa shape index (κ1) is 26.7. The zero-order chi connectivity index (χ0) is 24.1. The van der Waals surface area contributed by atoms with Crippen LogP contribution in [0.15, 0.2) is 48.5 Å². The number of aliphatic carboxylic acids is 1. The Hall–Kier alpha value is -3.59. The van der Waals surface area contributed by atoms with Gasteiger partial charge in [-0.3, -0.25) is 19.8 Å². The highest BCUT2D eigenvalue weighted by atomic mass is 35.5. The van der Waals surface area contributed by atoms with Gasteiger partial charge in [0.25, 0.3) is 0 Å². The number of halogens is 1. The molecule has 34 heavy (non-hydrogen) atoms. The molecule has 1 fully saturated rings. The fourth-order valence-electron chi connectivity index (χ4n) is 3.78. The van der Waals surface area contributed by atoms with Gasteiger partial charge in [-0.15, -0.1) is 12.4 Å². The molecule has 0 spiro atoms. The molecule has 1 aliphatic heterocycles. The van der Waals surface area contributed by atoms with Crippen LogP contribution < -0.4 is 10.5 Å². The molecule has 0 radical (unpaired) electrons. The average molecular weight is 489 g/mol. The number of amides is 2. The van der Waals surface area contributed by atoms with E-state index in [2.05, 4.69) is 0 Å². The van der Waals surface area contributed by atoms with Gasteiger partial charge in [0.15, 0.2) is 0 Å². The van der Waals surface area contributed by atoms with Crippen molar-refractivity contribution in [3.63, 3.8) is 0 Å². The number of hydrogen-bond donors (Lipinski definition) is 3. The van der Waals surface area contributed by atoms with E-state index in [1.165, 1.54) is 9.80 Å². The molecule has 2 aromatic rings. The van der Waals surface area contributed by atoms with Gasteiger partial charge in [-0.1, -0.05) is 36.4 Å². The summed E-state index contributed by atoms with van der Waals surface area (Å²) in [5.41, 5.74) is 8.08. The van der Waals surface area contributed by atoms with E-state index in [4.69, 9.17) is 21.0 Å². The Morgan fingerprint density at radius 3 is 2.18 bits per heavy atom. The summed E-state index contributed by atoms with van der Waals surface area (Å²) in [5, 5.41) is 16.6. The smallest absolute Gasteiger partial charge is 0.304 e. The predicted molar refractivity (Wildman–Crippen MR) is 130 cm³/mol. The van der Waals surface area contributed by atoms with Crippen molar-refractivity contribution in [3.05, 3.63) is 54.1 Å². The molecule has 1 heterocycles. The first-order valence-electron chi connectivity index (χ1n) is 10.6. The van der Waals surface area contributed by atoms with Crippen molar-refractivity contribution in [1.29, 1.82) is 5.41 Å². The van der Waals surface area contributed by atoms with Crippen LogP contribution in [0.25, 0.3) is 11.1 Å². The van der Waals surface area contributed by atoms with Crippen LogP contribution in [0.1, 0.15) is 18.4 Å². The molecule has 182 valence electrons. The number of hydrogen-bond acceptors (Lipinski definition) is 5. The van der Waals surface area contributed by atoms with Crippen molar-refractivity contribution in [2.75, 3.05) is 27.2 Å². The number of likely N-dealkylation sites (N-methyl/N-ethyl adjacent to an activating group) is 1. The number of rotatable bonds is 9. The Bertz CT molecular complexity index is 1040. The maximum absolute atomic E-state index is 12.7. The maximum atomic E-state index is 12.7. The number of carboxylic acid groups (broad SMARTS) is 1. The molecule has 2 amide bonds. The number of nitrogens with two attached hydrogens (primary N) is 1. The minimum absolute atomic E-state index is 0. The van der Waals surface area contributed by atoms with Crippen molar-refractivity contribution < 1.29 is 24.2 Å². The van der Waals surface area contributed by atoms with Gasteiger partial charge in [-0.2, -0.15) is 0 Å². The second-order valence-corrected chi connectivity index (χ2v) is 8.27. The summed E-state index contributed by atoms with van der Waals surface area (Å²) < 4.78 is 5.89. The van der Waals surface area contributed by atoms with Crippen LogP contribution in [0.4, 0.5) is 0 Å². The first-order valence-corrected chi connectivity index (χ1v) is 10.6. The van der Waals surface area contributed by atoms with Gasteiger partial charge in [-0.25, -0.2) is 0 Å². The van der Waals surface area contributed by atoms with Crippen molar-refractivity contribution in [2.24, 2.45) is 11.7 Å². The molecule has 0 unspecified atom stereocenters. The summed E-state index contributed by atoms with van der Waals surface area (Å²) in [6.07, 6.45) is 0.0610. The molecule has 0 bridgehead atoms. The summed E-state index contributed by atoms with van der Waals surface area (Å²) in [6, 6.07) is 14.4. The zero-order valence-corrected chi connectivity index (χ0v) is 19.9. The zero-order valence-electron chi connectivity index (χ0n) is 19.1. The lowest BCUT2D eigenvalue weighted by Crippen LogP contribution is -2.44. The number of carbonyl (C=O) groups is 3. The van der Waals surface area contributed by atoms with Gasteiger partial charge in [0, 0.05) is 19.7 Å². The number of nitrogens with one attached hydrogen (secondary N) is 1. The van der Waals surface area contributed by atoms with Crippen LogP contribution in [0, 0.1) is 11.3 Å². The molecule has 4 N–H and O–H groups in total. The fourth-order valence-corrected chi connectivity index (χ4v) is 3.78. The quantitative estimate of drug-likeness (QED) is 0.365. The largest absolute Gasteiger partial charge is 0.491 e. The topological polar surface area (TPSA) is 137 Å². The second-order valence-electron chi connectivity index (χ2n) is 8.27. The van der Waals surface area contributed by atoms with Crippen LogP contribution in [-0.4, -0.2) is 71.8 Å². The number of nitrogens with zero attached hydrogens (tertiary/aromatic N) is 2. The van der Waals surface area contributed by atoms with Crippen LogP contribution >= 0.6 is 12.4 Å². The van der Waals surface area contributed by atoms with E-state index >= 15 is 0 Å². The lowest BCUT2D eigenvalue weighted by Gasteiger charge is -2.25. The van der Waals surface area contributed by atoms with Crippen molar-refractivity contribution in [2.45, 2.75) is 18.9 Å². The highest BCUT2D eigenvalue weighted by molar-refractivity contribution is 5.95. The lowest BCUT2D eigenvalue weighted by atomic mass is 10.0. The first-order chi connectivity index (χ1) is 15.7. The van der Waals surface area contributed by atoms with Crippen molar-refractivity contribution >= 4 is 36.0 Å². The van der Waals surface area contributed by atoms with E-state index in [0.717, 1.165) is 11.1 Å². The molecular formula is C24H29ClN4O5. The van der Waals surface area contributed by atoms with Gasteiger partial charge < -0.3 is 25.4 Å². The third kappa shape index (κ3) is 6.48. The number of ether oxygens (including phenoxy) is 1. The molecule has 0 saturated carbocycles. The number of likely N-dealkylation sites (tertiary alicyclic amines) is 1. The number of carboxylic acids is 1. The SMILES string of the molecule is CN(C)C(=O)CN1C(=O)[C@H](CC(=O)O)C[C@H]1COc1ccc(-c2ccc(C(=N)N)cc2)cc1.Cl. The van der Waals surface area contributed by atoms with Gasteiger partial charge >= 0.3 is 5.97 Å². The van der Waals surface area contributed by atoms with Crippen LogP contribution in [0.5, 0.6) is 5.75 Å². The molecule has 2 atom stereocenters. The second kappa shape index (κ2) is 11.5. The van der Waals surface area contributed by atoms with Crippen molar-refractivity contribution in [3.8, 4) is 16.9 Å². The summed E-state index contributed by atoms with van der Waals surface area (Å²) in [5.74, 6) is -1.64. The molecule has 9 nitrogen and oxygen atoms in total. The predicted octanol–water partition coefficient (Wildman–Crippen LogP) is 2.22. The monoisotopic (exact) mass is 488 g/mol. The van der Waals surface area contributed by atoms with Crippen LogP contribution in [0.2, 0.25) is 0 Å². The standard InChI is InChI=1S/C24H28N4O5.ClH/c1-27(2)21(29)13-28-19(11-18(24(28)32)12-22(30)31)14-33-20-9-7-16(8-10-20)15-3-5-17(6-4-15)23(25)26;/h3-10,18-19H,11-14H2,1-2H3,(H3,25,26)(H,30,31);1H/t18-,19-;/m0./s1. The summed E-state index contributed by atoms with van der Waals surface area (Å²) in [7, 11) is 3.22. The maximum Gasteiger partial charge on any atom is 0.304 e. The van der Waals surface area contributed by atoms with E-state index < -0.39 is 11.9 Å². The number of nitrogen functional groups attached to an aromatic ring is 1. The highest BCUT2D eigenvalue weighted by Crippen LogP contribution is 2.29. The van der Waals surface area contributed by atoms with Gasteiger partial charge in [0.2, 0.25) is 11.8 Å². The molecular weight excluding hydrogens is 460 g/mol. The third-order valence-corrected chi connectivity index (χ3v) is 5.68. The minimum Gasteiger partial charge on any atom is -0.491 e. The van der Waals surface area contributed by atoms with Crippen LogP contribution in [-0.2, 0) is 14.4 Å². The van der Waals surface area contributed by atoms with Crippen LogP contribution in [0.3, 0.4) is 0 Å². The summed E-state index contributed by atoms with van der Waals surface area (Å²) in [4.78, 5) is 38.8. The summed E-state index contributed by atoms with van der Waals surface area (Å²) in [6.45, 7) is 0.0560. The summed E-state index contributed by atoms with van der Waals surface area (Å²) >= 11 is 0. The highest BCUT2D eigenvalue weighted by Gasteiger charge is 2.41.